The maximum atomic E-state index is 14.1. The second kappa shape index (κ2) is 5.78. The lowest BCUT2D eigenvalue weighted by Crippen LogP contribution is -2.29. The van der Waals surface area contributed by atoms with E-state index in [1.165, 1.54) is 17.1 Å². The zero-order chi connectivity index (χ0) is 16.8. The number of anilines is 1. The molecule has 0 spiro atoms. The number of halogens is 1. The topological polar surface area (TPSA) is 153 Å². The zero-order valence-electron chi connectivity index (χ0n) is 11.6. The Labute approximate surface area is 128 Å². The van der Waals surface area contributed by atoms with Gasteiger partial charge < -0.3 is 34.7 Å². The summed E-state index contributed by atoms with van der Waals surface area (Å²) in [6, 6.07) is 1.56. The van der Waals surface area contributed by atoms with Crippen LogP contribution in [0, 0.1) is 0 Å². The fourth-order valence-electron chi connectivity index (χ4n) is 2.33. The van der Waals surface area contributed by atoms with E-state index in [9.17, 15) is 14.1 Å². The number of rotatable bonds is 4. The highest BCUT2D eigenvalue weighted by molar-refractivity contribution is 7.51. The number of aliphatic hydroxyl groups is 1. The summed E-state index contributed by atoms with van der Waals surface area (Å²) in [5.74, 6) is 0.167. The predicted molar refractivity (Wildman–Crippen MR) is 74.7 cm³/mol. The van der Waals surface area contributed by atoms with Crippen molar-refractivity contribution in [1.82, 2.24) is 14.5 Å². The van der Waals surface area contributed by atoms with Gasteiger partial charge >= 0.3 is 7.60 Å². The van der Waals surface area contributed by atoms with Gasteiger partial charge in [-0.15, -0.1) is 0 Å². The minimum Gasteiger partial charge on any atom is -0.385 e. The third-order valence-electron chi connectivity index (χ3n) is 3.35. The van der Waals surface area contributed by atoms with Crippen LogP contribution in [0.4, 0.5) is 10.2 Å². The van der Waals surface area contributed by atoms with Crippen molar-refractivity contribution < 1.29 is 33.3 Å². The molecule has 4 atom stereocenters. The Kier molecular flexibility index (Phi) is 4.08. The van der Waals surface area contributed by atoms with Crippen LogP contribution in [0.1, 0.15) is 6.23 Å². The molecule has 1 unspecified atom stereocenters. The number of aliphatic hydroxyl groups excluding tert-OH is 1. The van der Waals surface area contributed by atoms with Gasteiger partial charge in [-0.2, -0.15) is 0 Å². The molecule has 0 amide bonds. The Morgan fingerprint density at radius 3 is 2.91 bits per heavy atom. The number of ether oxygens (including phenoxy) is 2. The maximum Gasteiger partial charge on any atom is 0.351 e. The van der Waals surface area contributed by atoms with Crippen LogP contribution in [-0.2, 0) is 14.0 Å². The van der Waals surface area contributed by atoms with Gasteiger partial charge in [0, 0.05) is 6.20 Å². The molecule has 12 heteroatoms. The molecule has 5 N–H and O–H groups in total. The molecule has 0 aliphatic carbocycles. The van der Waals surface area contributed by atoms with E-state index in [4.69, 9.17) is 25.0 Å². The van der Waals surface area contributed by atoms with E-state index in [0.717, 1.165) is 0 Å². The number of aromatic nitrogens is 3. The molecule has 0 bridgehead atoms. The molecule has 23 heavy (non-hydrogen) atoms. The summed E-state index contributed by atoms with van der Waals surface area (Å²) in [7, 11) is -4.48. The molecule has 1 aliphatic heterocycles. The molecule has 3 heterocycles. The van der Waals surface area contributed by atoms with Gasteiger partial charge in [0.15, 0.2) is 30.9 Å². The number of nitrogens with two attached hydrogens (primary N) is 1. The van der Waals surface area contributed by atoms with E-state index in [2.05, 4.69) is 9.97 Å². The molecule has 2 aromatic rings. The highest BCUT2D eigenvalue weighted by Crippen LogP contribution is 2.39. The van der Waals surface area contributed by atoms with Crippen molar-refractivity contribution in [3.63, 3.8) is 0 Å². The van der Waals surface area contributed by atoms with E-state index in [0.29, 0.717) is 11.0 Å². The summed E-state index contributed by atoms with van der Waals surface area (Å²) in [4.78, 5) is 25.4. The van der Waals surface area contributed by atoms with Gasteiger partial charge in [-0.3, -0.25) is 4.57 Å². The van der Waals surface area contributed by atoms with Gasteiger partial charge in [-0.05, 0) is 6.07 Å². The van der Waals surface area contributed by atoms with Crippen LogP contribution in [0.25, 0.3) is 11.0 Å². The minimum absolute atomic E-state index is 0.167. The lowest BCUT2D eigenvalue weighted by Gasteiger charge is -2.16. The fraction of sp³-hybridized carbons (Fsp3) is 0.455. The van der Waals surface area contributed by atoms with Gasteiger partial charge in [-0.25, -0.2) is 14.4 Å². The number of hydrogen-bond donors (Lipinski definition) is 4. The molecule has 1 fully saturated rings. The standard InChI is InChI=1S/C11H14FN4O6P/c12-6-8(17)10(22-11(6)21-4-23(18,19)20)16-3-15-7-5(16)1-2-14-9(7)13/h1-3,6,8,10-11,17H,4H2,(H2,13,14)(H2,18,19,20)/t6?,8-,10+,11-/m0/s1. The molecule has 2 aromatic heterocycles. The minimum atomic E-state index is -4.48. The zero-order valence-corrected chi connectivity index (χ0v) is 12.5. The second-order valence-electron chi connectivity index (χ2n) is 5.01. The number of alkyl halides is 1. The highest BCUT2D eigenvalue weighted by atomic mass is 31.2. The number of pyridine rings is 1. The molecule has 3 rings (SSSR count). The SMILES string of the molecule is Nc1nccc2c1ncn2[C@@H]1O[C@H](OCP(=O)(O)O)C(F)[C@@H]1O. The molecular formula is C11H14FN4O6P. The van der Waals surface area contributed by atoms with Crippen LogP contribution in [0.5, 0.6) is 0 Å². The van der Waals surface area contributed by atoms with Crippen LogP contribution in [-0.4, -0.2) is 54.3 Å². The molecule has 0 saturated carbocycles. The van der Waals surface area contributed by atoms with Crippen LogP contribution in [0.3, 0.4) is 0 Å². The lowest BCUT2D eigenvalue weighted by atomic mass is 10.2. The number of hydrogen-bond acceptors (Lipinski definition) is 7. The van der Waals surface area contributed by atoms with Gasteiger partial charge in [0.2, 0.25) is 0 Å². The largest absolute Gasteiger partial charge is 0.385 e. The van der Waals surface area contributed by atoms with Crippen LogP contribution >= 0.6 is 7.60 Å². The number of nitrogens with zero attached hydrogens (tertiary/aromatic N) is 3. The van der Waals surface area contributed by atoms with E-state index in [1.54, 1.807) is 6.07 Å². The maximum absolute atomic E-state index is 14.1. The molecule has 0 aromatic carbocycles. The molecule has 1 saturated heterocycles. The summed E-state index contributed by atoms with van der Waals surface area (Å²) in [6.45, 7) is 0. The van der Waals surface area contributed by atoms with Crippen molar-refractivity contribution in [3.8, 4) is 0 Å². The van der Waals surface area contributed by atoms with Gasteiger partial charge in [-0.1, -0.05) is 0 Å². The third-order valence-corrected chi connectivity index (χ3v) is 3.84. The van der Waals surface area contributed by atoms with Gasteiger partial charge in [0.05, 0.1) is 11.8 Å². The van der Waals surface area contributed by atoms with E-state index in [1.807, 2.05) is 0 Å². The molecule has 1 aliphatic rings. The quantitative estimate of drug-likeness (QED) is 0.546. The number of imidazole rings is 1. The summed E-state index contributed by atoms with van der Waals surface area (Å²) in [5.41, 5.74) is 6.50. The van der Waals surface area contributed by atoms with Crippen LogP contribution in [0.2, 0.25) is 0 Å². The smallest absolute Gasteiger partial charge is 0.351 e. The highest BCUT2D eigenvalue weighted by Gasteiger charge is 2.47. The molecule has 0 radical (unpaired) electrons. The Bertz CT molecular complexity index is 766. The molecular weight excluding hydrogens is 334 g/mol. The first kappa shape index (κ1) is 16.2. The Morgan fingerprint density at radius 1 is 1.48 bits per heavy atom. The summed E-state index contributed by atoms with van der Waals surface area (Å²) >= 11 is 0. The number of fused-ring (bicyclic) bond motifs is 1. The van der Waals surface area contributed by atoms with Crippen molar-refractivity contribution in [2.75, 3.05) is 12.1 Å². The average Bonchev–Trinajstić information content (AvgIpc) is 3.01. The van der Waals surface area contributed by atoms with Crippen molar-refractivity contribution in [1.29, 1.82) is 0 Å². The fourth-order valence-corrected chi connectivity index (χ4v) is 2.67. The van der Waals surface area contributed by atoms with Crippen molar-refractivity contribution in [2.24, 2.45) is 0 Å². The molecule has 126 valence electrons. The summed E-state index contributed by atoms with van der Waals surface area (Å²) in [6.07, 6.45) is -4.68. The second-order valence-corrected chi connectivity index (χ2v) is 6.59. The summed E-state index contributed by atoms with van der Waals surface area (Å²) < 4.78 is 36.2. The summed E-state index contributed by atoms with van der Waals surface area (Å²) in [5, 5.41) is 9.99. The van der Waals surface area contributed by atoms with Crippen LogP contribution in [0.15, 0.2) is 18.6 Å². The van der Waals surface area contributed by atoms with Crippen molar-refractivity contribution in [3.05, 3.63) is 18.6 Å². The normalized spacial score (nSPS) is 28.5. The first-order valence-corrected chi connectivity index (χ1v) is 8.28. The average molecular weight is 348 g/mol. The Morgan fingerprint density at radius 2 is 2.22 bits per heavy atom. The lowest BCUT2D eigenvalue weighted by molar-refractivity contribution is -0.157. The van der Waals surface area contributed by atoms with Gasteiger partial charge in [0.1, 0.15) is 11.6 Å². The first-order chi connectivity index (χ1) is 10.8. The Hall–Kier alpha value is -1.62. The predicted octanol–water partition coefficient (Wildman–Crippen LogP) is -0.281. The van der Waals surface area contributed by atoms with Crippen molar-refractivity contribution >= 4 is 24.4 Å². The van der Waals surface area contributed by atoms with Crippen molar-refractivity contribution in [2.45, 2.75) is 24.8 Å². The monoisotopic (exact) mass is 348 g/mol. The first-order valence-electron chi connectivity index (χ1n) is 6.49. The van der Waals surface area contributed by atoms with E-state index in [-0.39, 0.29) is 5.82 Å². The Balaban J connectivity index is 1.85. The van der Waals surface area contributed by atoms with E-state index >= 15 is 0 Å². The van der Waals surface area contributed by atoms with E-state index < -0.39 is 38.7 Å². The van der Waals surface area contributed by atoms with Gasteiger partial charge in [0.25, 0.3) is 0 Å². The van der Waals surface area contributed by atoms with Crippen LogP contribution < -0.4 is 5.73 Å². The third kappa shape index (κ3) is 3.07. The molecule has 10 nitrogen and oxygen atoms in total. The number of nitrogen functional groups attached to an aromatic ring is 1.